The SMILES string of the molecule is CSc1cccc(NC(=O)Cn2c(=O)n(CC3CCCO3)c(=O)c3sc4ncccc4c32)c1. The summed E-state index contributed by atoms with van der Waals surface area (Å²) >= 11 is 2.82. The average Bonchev–Trinajstić information content (AvgIpc) is 3.47. The van der Waals surface area contributed by atoms with E-state index in [2.05, 4.69) is 10.3 Å². The third kappa shape index (κ3) is 4.21. The van der Waals surface area contributed by atoms with E-state index in [1.54, 1.807) is 30.1 Å². The first-order chi connectivity index (χ1) is 16.0. The number of aromatic nitrogens is 3. The van der Waals surface area contributed by atoms with Crippen LogP contribution >= 0.6 is 23.1 Å². The van der Waals surface area contributed by atoms with Crippen LogP contribution in [0.25, 0.3) is 20.4 Å². The molecule has 0 spiro atoms. The van der Waals surface area contributed by atoms with E-state index in [-0.39, 0.29) is 30.7 Å². The summed E-state index contributed by atoms with van der Waals surface area (Å²) in [4.78, 5) is 45.8. The predicted octanol–water partition coefficient (Wildman–Crippen LogP) is 3.31. The number of anilines is 1. The lowest BCUT2D eigenvalue weighted by molar-refractivity contribution is -0.116. The molecule has 3 aromatic heterocycles. The first-order valence-electron chi connectivity index (χ1n) is 10.6. The smallest absolute Gasteiger partial charge is 0.332 e. The maximum atomic E-state index is 13.5. The molecule has 1 unspecified atom stereocenters. The summed E-state index contributed by atoms with van der Waals surface area (Å²) < 4.78 is 8.67. The molecular weight excluding hydrogens is 460 g/mol. The Morgan fingerprint density at radius 3 is 2.94 bits per heavy atom. The van der Waals surface area contributed by atoms with Crippen molar-refractivity contribution in [2.45, 2.75) is 36.9 Å². The van der Waals surface area contributed by atoms with Crippen molar-refractivity contribution in [1.82, 2.24) is 14.1 Å². The Kier molecular flexibility index (Phi) is 6.05. The van der Waals surface area contributed by atoms with Crippen LogP contribution in [-0.2, 0) is 22.6 Å². The number of hydrogen-bond donors (Lipinski definition) is 1. The van der Waals surface area contributed by atoms with Gasteiger partial charge in [0.15, 0.2) is 0 Å². The number of nitrogens with zero attached hydrogens (tertiary/aromatic N) is 3. The van der Waals surface area contributed by atoms with Gasteiger partial charge < -0.3 is 10.1 Å². The fraction of sp³-hybridized carbons (Fsp3) is 0.304. The molecular formula is C23H22N4O4S2. The van der Waals surface area contributed by atoms with Crippen molar-refractivity contribution >= 4 is 55.1 Å². The molecule has 4 aromatic rings. The van der Waals surface area contributed by atoms with Crippen molar-refractivity contribution in [3.05, 3.63) is 63.4 Å². The molecule has 0 bridgehead atoms. The van der Waals surface area contributed by atoms with E-state index in [9.17, 15) is 14.4 Å². The number of fused-ring (bicyclic) bond motifs is 3. The van der Waals surface area contributed by atoms with Crippen LogP contribution in [0.3, 0.4) is 0 Å². The van der Waals surface area contributed by atoms with Gasteiger partial charge in [0.2, 0.25) is 5.91 Å². The topological polar surface area (TPSA) is 95.2 Å². The van der Waals surface area contributed by atoms with E-state index in [1.807, 2.05) is 30.5 Å². The standard InChI is InChI=1S/C23H22N4O4S2/c1-32-16-7-2-5-14(11-16)25-18(28)13-26-19-17-8-3-9-24-21(17)33-20(19)22(29)27(23(26)30)12-15-6-4-10-31-15/h2-3,5,7-9,11,15H,4,6,10,12-13H2,1H3,(H,25,28). The molecule has 0 radical (unpaired) electrons. The third-order valence-electron chi connectivity index (χ3n) is 5.68. The van der Waals surface area contributed by atoms with Crippen LogP contribution in [0, 0.1) is 0 Å². The van der Waals surface area contributed by atoms with E-state index >= 15 is 0 Å². The van der Waals surface area contributed by atoms with Crippen molar-refractivity contribution < 1.29 is 9.53 Å². The van der Waals surface area contributed by atoms with Crippen LogP contribution in [0.2, 0.25) is 0 Å². The van der Waals surface area contributed by atoms with Gasteiger partial charge in [0.1, 0.15) is 16.1 Å². The Balaban J connectivity index is 1.60. The minimum absolute atomic E-state index is 0.173. The van der Waals surface area contributed by atoms with Gasteiger partial charge in [-0.15, -0.1) is 23.1 Å². The number of hydrogen-bond acceptors (Lipinski definition) is 7. The second-order valence-corrected chi connectivity index (χ2v) is 9.71. The van der Waals surface area contributed by atoms with Crippen LogP contribution < -0.4 is 16.6 Å². The molecule has 1 saturated heterocycles. The number of thiophene rings is 1. The first-order valence-corrected chi connectivity index (χ1v) is 12.7. The fourth-order valence-electron chi connectivity index (χ4n) is 4.13. The number of thioether (sulfide) groups is 1. The second-order valence-electron chi connectivity index (χ2n) is 7.84. The monoisotopic (exact) mass is 482 g/mol. The number of amides is 1. The first kappa shape index (κ1) is 21.9. The van der Waals surface area contributed by atoms with Gasteiger partial charge in [-0.2, -0.15) is 0 Å². The Hall–Kier alpha value is -2.95. The summed E-state index contributed by atoms with van der Waals surface area (Å²) in [6.07, 6.45) is 5.13. The lowest BCUT2D eigenvalue weighted by atomic mass is 10.2. The minimum atomic E-state index is -0.514. The quantitative estimate of drug-likeness (QED) is 0.424. The molecule has 8 nitrogen and oxygen atoms in total. The maximum Gasteiger partial charge on any atom is 0.332 e. The number of ether oxygens (including phenoxy) is 1. The summed E-state index contributed by atoms with van der Waals surface area (Å²) in [6, 6.07) is 11.1. The normalized spacial score (nSPS) is 16.0. The van der Waals surface area contributed by atoms with E-state index in [0.717, 1.165) is 17.7 Å². The van der Waals surface area contributed by atoms with Gasteiger partial charge in [0, 0.05) is 28.8 Å². The summed E-state index contributed by atoms with van der Waals surface area (Å²) in [5, 5.41) is 3.56. The van der Waals surface area contributed by atoms with Crippen molar-refractivity contribution in [3.63, 3.8) is 0 Å². The molecule has 170 valence electrons. The Morgan fingerprint density at radius 1 is 1.27 bits per heavy atom. The van der Waals surface area contributed by atoms with Crippen molar-refractivity contribution in [2.24, 2.45) is 0 Å². The molecule has 0 aliphatic carbocycles. The highest BCUT2D eigenvalue weighted by Gasteiger charge is 2.24. The third-order valence-corrected chi connectivity index (χ3v) is 7.49. The van der Waals surface area contributed by atoms with Crippen LogP contribution in [0.4, 0.5) is 5.69 Å². The van der Waals surface area contributed by atoms with E-state index in [0.29, 0.717) is 32.7 Å². The summed E-state index contributed by atoms with van der Waals surface area (Å²) in [7, 11) is 0. The van der Waals surface area contributed by atoms with Crippen molar-refractivity contribution in [2.75, 3.05) is 18.2 Å². The summed E-state index contributed by atoms with van der Waals surface area (Å²) in [5.41, 5.74) is 0.229. The molecule has 10 heteroatoms. The summed E-state index contributed by atoms with van der Waals surface area (Å²) in [5.74, 6) is -0.345. The Bertz CT molecular complexity index is 1470. The van der Waals surface area contributed by atoms with Crippen LogP contribution in [0.15, 0.2) is 57.1 Å². The zero-order chi connectivity index (χ0) is 22.9. The summed E-state index contributed by atoms with van der Waals surface area (Å²) in [6.45, 7) is 0.582. The molecule has 4 heterocycles. The van der Waals surface area contributed by atoms with Crippen LogP contribution in [0.5, 0.6) is 0 Å². The highest BCUT2D eigenvalue weighted by molar-refractivity contribution is 7.98. The maximum absolute atomic E-state index is 13.5. The molecule has 1 aliphatic heterocycles. The van der Waals surface area contributed by atoms with Gasteiger partial charge in [-0.1, -0.05) is 6.07 Å². The van der Waals surface area contributed by atoms with E-state index < -0.39 is 5.69 Å². The zero-order valence-corrected chi connectivity index (χ0v) is 19.6. The molecule has 33 heavy (non-hydrogen) atoms. The number of pyridine rings is 1. The Labute approximate surface area is 197 Å². The zero-order valence-electron chi connectivity index (χ0n) is 17.9. The molecule has 1 aromatic carbocycles. The number of carbonyl (C=O) groups excluding carboxylic acids is 1. The Morgan fingerprint density at radius 2 is 2.15 bits per heavy atom. The van der Waals surface area contributed by atoms with Gasteiger partial charge in [0.05, 0.1) is 18.2 Å². The molecule has 1 N–H and O–H groups in total. The average molecular weight is 483 g/mol. The highest BCUT2D eigenvalue weighted by atomic mass is 32.2. The van der Waals surface area contributed by atoms with Gasteiger partial charge in [0.25, 0.3) is 5.56 Å². The van der Waals surface area contributed by atoms with Gasteiger partial charge in [-0.05, 0) is 49.4 Å². The number of carbonyl (C=O) groups is 1. The van der Waals surface area contributed by atoms with E-state index in [4.69, 9.17) is 4.74 Å². The van der Waals surface area contributed by atoms with Gasteiger partial charge in [-0.25, -0.2) is 9.78 Å². The van der Waals surface area contributed by atoms with Crippen molar-refractivity contribution in [3.8, 4) is 0 Å². The molecule has 0 saturated carbocycles. The van der Waals surface area contributed by atoms with Crippen LogP contribution in [0.1, 0.15) is 12.8 Å². The second kappa shape index (κ2) is 9.12. The highest BCUT2D eigenvalue weighted by Crippen LogP contribution is 2.29. The van der Waals surface area contributed by atoms with Crippen LogP contribution in [-0.4, -0.2) is 39.0 Å². The number of benzene rings is 1. The minimum Gasteiger partial charge on any atom is -0.376 e. The molecule has 1 aliphatic rings. The fourth-order valence-corrected chi connectivity index (χ4v) is 5.68. The van der Waals surface area contributed by atoms with Crippen molar-refractivity contribution in [1.29, 1.82) is 0 Å². The molecule has 5 rings (SSSR count). The predicted molar refractivity (Wildman–Crippen MR) is 131 cm³/mol. The molecule has 1 fully saturated rings. The number of nitrogens with one attached hydrogen (secondary N) is 1. The largest absolute Gasteiger partial charge is 0.376 e. The molecule has 1 atom stereocenters. The lowest BCUT2D eigenvalue weighted by Gasteiger charge is -2.15. The van der Waals surface area contributed by atoms with Gasteiger partial charge in [-0.3, -0.25) is 18.7 Å². The number of rotatable bonds is 6. The lowest BCUT2D eigenvalue weighted by Crippen LogP contribution is -2.43. The van der Waals surface area contributed by atoms with Gasteiger partial charge >= 0.3 is 5.69 Å². The van der Waals surface area contributed by atoms with E-state index in [1.165, 1.54) is 20.5 Å². The molecule has 1 amide bonds.